The van der Waals surface area contributed by atoms with Crippen LogP contribution in [0.4, 0.5) is 0 Å². The maximum Gasteiger partial charge on any atom is 0.233 e. The first-order chi connectivity index (χ1) is 15.6. The summed E-state index contributed by atoms with van der Waals surface area (Å²) in [6.45, 7) is 2.29. The summed E-state index contributed by atoms with van der Waals surface area (Å²) in [5.41, 5.74) is 3.69. The molecule has 1 atom stereocenters. The number of carbonyl (C=O) groups excluding carboxylic acids is 1. The van der Waals surface area contributed by atoms with E-state index in [0.29, 0.717) is 6.54 Å². The average Bonchev–Trinajstić information content (AvgIpc) is 3.28. The number of aromatic nitrogens is 3. The fourth-order valence-corrected chi connectivity index (χ4v) is 4.13. The molecule has 162 valence electrons. The zero-order valence-corrected chi connectivity index (χ0v) is 18.8. The average molecular weight is 445 g/mol. The van der Waals surface area contributed by atoms with Gasteiger partial charge in [-0.1, -0.05) is 18.2 Å². The number of pyridine rings is 1. The molecule has 2 heterocycles. The molecule has 1 amide bonds. The minimum atomic E-state index is -0.239. The Morgan fingerprint density at radius 1 is 1.06 bits per heavy atom. The highest BCUT2D eigenvalue weighted by Gasteiger charge is 2.17. The molecule has 32 heavy (non-hydrogen) atoms. The number of benzene rings is 2. The summed E-state index contributed by atoms with van der Waals surface area (Å²) in [5.74, 6) is 0.768. The van der Waals surface area contributed by atoms with Gasteiger partial charge in [0.2, 0.25) is 5.91 Å². The molecule has 4 rings (SSSR count). The van der Waals surface area contributed by atoms with Crippen molar-refractivity contribution < 1.29 is 9.53 Å². The lowest BCUT2D eigenvalue weighted by atomic mass is 10.1. The molecule has 2 aromatic heterocycles. The highest BCUT2D eigenvalue weighted by Crippen LogP contribution is 2.26. The predicted molar refractivity (Wildman–Crippen MR) is 127 cm³/mol. The van der Waals surface area contributed by atoms with Gasteiger partial charge in [-0.3, -0.25) is 9.78 Å². The molecule has 6 nitrogen and oxygen atoms in total. The van der Waals surface area contributed by atoms with Gasteiger partial charge in [0.05, 0.1) is 23.7 Å². The molecule has 0 bridgehead atoms. The fourth-order valence-electron chi connectivity index (χ4n) is 3.24. The summed E-state index contributed by atoms with van der Waals surface area (Å²) in [6.07, 6.45) is 5.45. The molecule has 0 radical (unpaired) electrons. The van der Waals surface area contributed by atoms with Gasteiger partial charge >= 0.3 is 0 Å². The van der Waals surface area contributed by atoms with Crippen LogP contribution in [-0.4, -0.2) is 33.0 Å². The van der Waals surface area contributed by atoms with Crippen LogP contribution in [0, 0.1) is 0 Å². The van der Waals surface area contributed by atoms with E-state index in [1.165, 1.54) is 11.8 Å². The van der Waals surface area contributed by atoms with Gasteiger partial charge in [0, 0.05) is 41.2 Å². The highest BCUT2D eigenvalue weighted by molar-refractivity contribution is 8.00. The number of carbonyl (C=O) groups is 1. The molecule has 7 heteroatoms. The van der Waals surface area contributed by atoms with Crippen molar-refractivity contribution >= 4 is 17.7 Å². The standard InChI is InChI=1S/C25H24N4O2S/c1-18(32-23-10-8-22(31-2)9-11-23)25(30)27-16-20-17-29(21-6-4-3-5-7-21)28-24(20)19-12-14-26-15-13-19/h3-15,17-18H,16H2,1-2H3,(H,27,30). The Morgan fingerprint density at radius 3 is 2.47 bits per heavy atom. The molecule has 0 spiro atoms. The molecule has 0 fully saturated rings. The van der Waals surface area contributed by atoms with E-state index < -0.39 is 0 Å². The number of hydrogen-bond acceptors (Lipinski definition) is 5. The maximum absolute atomic E-state index is 12.8. The monoisotopic (exact) mass is 444 g/mol. The minimum absolute atomic E-state index is 0.0287. The third-order valence-corrected chi connectivity index (χ3v) is 6.07. The molecule has 0 saturated carbocycles. The number of nitrogens with one attached hydrogen (secondary N) is 1. The van der Waals surface area contributed by atoms with Gasteiger partial charge in [-0.25, -0.2) is 4.68 Å². The van der Waals surface area contributed by atoms with Crippen LogP contribution >= 0.6 is 11.8 Å². The number of para-hydroxylation sites is 1. The van der Waals surface area contributed by atoms with Crippen molar-refractivity contribution in [2.24, 2.45) is 0 Å². The van der Waals surface area contributed by atoms with Gasteiger partial charge in [0.25, 0.3) is 0 Å². The quantitative estimate of drug-likeness (QED) is 0.398. The van der Waals surface area contributed by atoms with Crippen LogP contribution in [-0.2, 0) is 11.3 Å². The zero-order chi connectivity index (χ0) is 22.3. The molecule has 2 aromatic carbocycles. The predicted octanol–water partition coefficient (Wildman–Crippen LogP) is 4.74. The van der Waals surface area contributed by atoms with Crippen molar-refractivity contribution in [1.29, 1.82) is 0 Å². The number of ether oxygens (including phenoxy) is 1. The molecule has 1 N–H and O–H groups in total. The lowest BCUT2D eigenvalue weighted by Gasteiger charge is -2.12. The Balaban J connectivity index is 1.49. The van der Waals surface area contributed by atoms with E-state index in [9.17, 15) is 4.79 Å². The number of methoxy groups -OCH3 is 1. The normalized spacial score (nSPS) is 11.7. The van der Waals surface area contributed by atoms with Crippen LogP contribution in [0.3, 0.4) is 0 Å². The van der Waals surface area contributed by atoms with Gasteiger partial charge in [-0.15, -0.1) is 11.8 Å². The SMILES string of the molecule is COc1ccc(SC(C)C(=O)NCc2cn(-c3ccccc3)nc2-c2ccncc2)cc1. The van der Waals surface area contributed by atoms with Gasteiger partial charge in [-0.2, -0.15) is 5.10 Å². The Morgan fingerprint density at radius 2 is 1.78 bits per heavy atom. The summed E-state index contributed by atoms with van der Waals surface area (Å²) in [5, 5.41) is 7.60. The van der Waals surface area contributed by atoms with Gasteiger partial charge in [0.1, 0.15) is 5.75 Å². The summed E-state index contributed by atoms with van der Waals surface area (Å²) < 4.78 is 7.03. The fraction of sp³-hybridized carbons (Fsp3) is 0.160. The first-order valence-electron chi connectivity index (χ1n) is 10.3. The van der Waals surface area contributed by atoms with Gasteiger partial charge in [0.15, 0.2) is 0 Å². The van der Waals surface area contributed by atoms with E-state index in [1.54, 1.807) is 19.5 Å². The van der Waals surface area contributed by atoms with E-state index in [2.05, 4.69) is 10.3 Å². The third-order valence-electron chi connectivity index (χ3n) is 4.96. The molecular weight excluding hydrogens is 420 g/mol. The van der Waals surface area contributed by atoms with Crippen LogP contribution in [0.2, 0.25) is 0 Å². The second-order valence-electron chi connectivity index (χ2n) is 7.17. The summed E-state index contributed by atoms with van der Waals surface area (Å²) >= 11 is 1.51. The third kappa shape index (κ3) is 5.18. The number of nitrogens with zero attached hydrogens (tertiary/aromatic N) is 3. The Kier molecular flexibility index (Phi) is 6.87. The highest BCUT2D eigenvalue weighted by atomic mass is 32.2. The lowest BCUT2D eigenvalue weighted by molar-refractivity contribution is -0.120. The van der Waals surface area contributed by atoms with E-state index in [-0.39, 0.29) is 11.2 Å². The molecule has 0 saturated heterocycles. The summed E-state index contributed by atoms with van der Waals surface area (Å²) in [7, 11) is 1.64. The topological polar surface area (TPSA) is 69.0 Å². The largest absolute Gasteiger partial charge is 0.497 e. The van der Waals surface area contributed by atoms with Crippen LogP contribution < -0.4 is 10.1 Å². The van der Waals surface area contributed by atoms with Crippen LogP contribution in [0.5, 0.6) is 5.75 Å². The Hall–Kier alpha value is -3.58. The second-order valence-corrected chi connectivity index (χ2v) is 8.59. The van der Waals surface area contributed by atoms with Crippen LogP contribution in [0.25, 0.3) is 16.9 Å². The molecule has 4 aromatic rings. The van der Waals surface area contributed by atoms with Crippen molar-refractivity contribution in [2.75, 3.05) is 7.11 Å². The van der Waals surface area contributed by atoms with E-state index in [1.807, 2.05) is 84.5 Å². The zero-order valence-electron chi connectivity index (χ0n) is 17.9. The van der Waals surface area contributed by atoms with E-state index >= 15 is 0 Å². The lowest BCUT2D eigenvalue weighted by Crippen LogP contribution is -2.30. The van der Waals surface area contributed by atoms with Crippen molar-refractivity contribution in [2.45, 2.75) is 23.6 Å². The minimum Gasteiger partial charge on any atom is -0.497 e. The second kappa shape index (κ2) is 10.2. The number of amides is 1. The van der Waals surface area contributed by atoms with Crippen molar-refractivity contribution in [3.63, 3.8) is 0 Å². The number of rotatable bonds is 8. The van der Waals surface area contributed by atoms with E-state index in [0.717, 1.165) is 33.2 Å². The van der Waals surface area contributed by atoms with Crippen molar-refractivity contribution in [1.82, 2.24) is 20.1 Å². The molecule has 0 aliphatic rings. The van der Waals surface area contributed by atoms with Gasteiger partial charge in [-0.05, 0) is 55.5 Å². The Bertz CT molecular complexity index is 1160. The smallest absolute Gasteiger partial charge is 0.233 e. The van der Waals surface area contributed by atoms with Crippen molar-refractivity contribution in [3.8, 4) is 22.7 Å². The Labute approximate surface area is 191 Å². The first kappa shape index (κ1) is 21.6. The van der Waals surface area contributed by atoms with E-state index in [4.69, 9.17) is 9.84 Å². The molecular formula is C25H24N4O2S. The maximum atomic E-state index is 12.8. The molecule has 0 aliphatic carbocycles. The van der Waals surface area contributed by atoms with Crippen LogP contribution in [0.1, 0.15) is 12.5 Å². The number of hydrogen-bond donors (Lipinski definition) is 1. The molecule has 1 unspecified atom stereocenters. The summed E-state index contributed by atoms with van der Waals surface area (Å²) in [6, 6.07) is 21.5. The number of thioether (sulfide) groups is 1. The summed E-state index contributed by atoms with van der Waals surface area (Å²) in [4.78, 5) is 17.9. The van der Waals surface area contributed by atoms with Crippen molar-refractivity contribution in [3.05, 3.63) is 90.9 Å². The molecule has 0 aliphatic heterocycles. The first-order valence-corrected chi connectivity index (χ1v) is 11.1. The van der Waals surface area contributed by atoms with Crippen LogP contribution in [0.15, 0.2) is 90.2 Å². The van der Waals surface area contributed by atoms with Gasteiger partial charge < -0.3 is 10.1 Å².